The molecule has 3 aromatic heterocycles. The topological polar surface area (TPSA) is 48.5 Å². The van der Waals surface area contributed by atoms with Crippen LogP contribution in [0.4, 0.5) is 0 Å². The third kappa shape index (κ3) is 5.00. The van der Waals surface area contributed by atoms with Gasteiger partial charge in [-0.3, -0.25) is 0 Å². The molecular formula is C53H33N5. The molecule has 5 heteroatoms. The number of benzene rings is 9. The van der Waals surface area contributed by atoms with E-state index in [1.807, 2.05) is 60.7 Å². The molecule has 5 nitrogen and oxygen atoms in total. The fourth-order valence-electron chi connectivity index (χ4n) is 8.94. The Morgan fingerprint density at radius 3 is 1.53 bits per heavy atom. The third-order valence-corrected chi connectivity index (χ3v) is 11.5. The van der Waals surface area contributed by atoms with Gasteiger partial charge in [0.15, 0.2) is 17.5 Å². The second kappa shape index (κ2) is 12.8. The fourth-order valence-corrected chi connectivity index (χ4v) is 8.94. The molecule has 0 saturated heterocycles. The molecule has 58 heavy (non-hydrogen) atoms. The van der Waals surface area contributed by atoms with Gasteiger partial charge < -0.3 is 9.13 Å². The summed E-state index contributed by atoms with van der Waals surface area (Å²) in [5.41, 5.74) is 12.1. The number of rotatable bonds is 6. The number of nitrogens with zero attached hydrogens (tertiary/aromatic N) is 5. The molecule has 0 amide bonds. The van der Waals surface area contributed by atoms with Crippen molar-refractivity contribution in [3.05, 3.63) is 200 Å². The van der Waals surface area contributed by atoms with Gasteiger partial charge in [0.05, 0.1) is 22.1 Å². The van der Waals surface area contributed by atoms with E-state index in [4.69, 9.17) is 15.0 Å². The molecule has 0 spiro atoms. The van der Waals surface area contributed by atoms with Gasteiger partial charge in [-0.25, -0.2) is 15.0 Å². The Bertz CT molecular complexity index is 3440. The average Bonchev–Trinajstić information content (AvgIpc) is 3.82. The molecule has 0 radical (unpaired) electrons. The van der Waals surface area contributed by atoms with Crippen LogP contribution in [0.2, 0.25) is 0 Å². The molecule has 0 unspecified atom stereocenters. The number of hydrogen-bond acceptors (Lipinski definition) is 3. The summed E-state index contributed by atoms with van der Waals surface area (Å²) in [6.45, 7) is 0. The van der Waals surface area contributed by atoms with Crippen LogP contribution >= 0.6 is 0 Å². The Labute approximate surface area is 334 Å². The standard InChI is InChI=1S/C53H33N5/c1-4-15-35(16-5-1)51-54-52(36-17-6-2-7-18-36)56-53(55-51)39-22-12-20-37(31-39)38-21-13-25-41(32-38)58-45-28-14-19-34-29-30-43-49-42-26-10-11-27-44(42)57(40-23-8-3-9-24-40)46(49)33-47(58)50(43)48(34)45/h1-33H. The number of para-hydroxylation sites is 2. The highest BCUT2D eigenvalue weighted by Crippen LogP contribution is 2.45. The van der Waals surface area contributed by atoms with E-state index < -0.39 is 0 Å². The largest absolute Gasteiger partial charge is 0.309 e. The summed E-state index contributed by atoms with van der Waals surface area (Å²) in [6, 6.07) is 70.9. The van der Waals surface area contributed by atoms with Crippen LogP contribution < -0.4 is 0 Å². The lowest BCUT2D eigenvalue weighted by molar-refractivity contribution is 1.07. The molecule has 0 N–H and O–H groups in total. The van der Waals surface area contributed by atoms with Gasteiger partial charge in [0.1, 0.15) is 0 Å². The molecule has 9 aromatic carbocycles. The van der Waals surface area contributed by atoms with Crippen molar-refractivity contribution in [3.63, 3.8) is 0 Å². The summed E-state index contributed by atoms with van der Waals surface area (Å²) >= 11 is 0. The van der Waals surface area contributed by atoms with Crippen LogP contribution in [-0.2, 0) is 0 Å². The van der Waals surface area contributed by atoms with Gasteiger partial charge >= 0.3 is 0 Å². The monoisotopic (exact) mass is 739 g/mol. The molecule has 0 aliphatic rings. The summed E-state index contributed by atoms with van der Waals surface area (Å²) in [6.07, 6.45) is 0. The summed E-state index contributed by atoms with van der Waals surface area (Å²) < 4.78 is 4.87. The zero-order valence-corrected chi connectivity index (χ0v) is 31.3. The molecule has 12 aromatic rings. The molecular weight excluding hydrogens is 707 g/mol. The summed E-state index contributed by atoms with van der Waals surface area (Å²) in [5.74, 6) is 1.93. The average molecular weight is 740 g/mol. The van der Waals surface area contributed by atoms with E-state index >= 15 is 0 Å². The summed E-state index contributed by atoms with van der Waals surface area (Å²) in [7, 11) is 0. The predicted molar refractivity (Wildman–Crippen MR) is 239 cm³/mol. The zero-order valence-electron chi connectivity index (χ0n) is 31.3. The quantitative estimate of drug-likeness (QED) is 0.160. The van der Waals surface area contributed by atoms with Gasteiger partial charge in [0, 0.05) is 49.6 Å². The van der Waals surface area contributed by atoms with Crippen LogP contribution in [0.1, 0.15) is 0 Å². The van der Waals surface area contributed by atoms with E-state index in [2.05, 4.69) is 149 Å². The van der Waals surface area contributed by atoms with Crippen molar-refractivity contribution in [2.75, 3.05) is 0 Å². The first kappa shape index (κ1) is 32.4. The zero-order chi connectivity index (χ0) is 38.2. The van der Waals surface area contributed by atoms with Gasteiger partial charge in [-0.1, -0.05) is 152 Å². The van der Waals surface area contributed by atoms with Crippen LogP contribution in [0, 0.1) is 0 Å². The highest BCUT2D eigenvalue weighted by molar-refractivity contribution is 6.33. The van der Waals surface area contributed by atoms with E-state index in [0.29, 0.717) is 17.5 Å². The molecule has 3 heterocycles. The second-order valence-electron chi connectivity index (χ2n) is 14.8. The van der Waals surface area contributed by atoms with Crippen molar-refractivity contribution in [1.82, 2.24) is 24.1 Å². The van der Waals surface area contributed by atoms with Crippen LogP contribution in [0.15, 0.2) is 200 Å². The van der Waals surface area contributed by atoms with Crippen molar-refractivity contribution in [2.45, 2.75) is 0 Å². The molecule has 0 atom stereocenters. The van der Waals surface area contributed by atoms with Crippen LogP contribution in [0.3, 0.4) is 0 Å². The van der Waals surface area contributed by atoms with Crippen LogP contribution in [0.25, 0.3) is 111 Å². The Morgan fingerprint density at radius 1 is 0.276 bits per heavy atom. The molecule has 270 valence electrons. The van der Waals surface area contributed by atoms with E-state index in [1.54, 1.807) is 0 Å². The fraction of sp³-hybridized carbons (Fsp3) is 0. The van der Waals surface area contributed by atoms with E-state index in [-0.39, 0.29) is 0 Å². The highest BCUT2D eigenvalue weighted by atomic mass is 15.0. The van der Waals surface area contributed by atoms with Crippen LogP contribution in [0.5, 0.6) is 0 Å². The molecule has 0 fully saturated rings. The molecule has 0 saturated carbocycles. The number of aromatic nitrogens is 5. The van der Waals surface area contributed by atoms with Crippen molar-refractivity contribution in [3.8, 4) is 56.7 Å². The minimum absolute atomic E-state index is 0.636. The van der Waals surface area contributed by atoms with Gasteiger partial charge in [-0.2, -0.15) is 0 Å². The minimum Gasteiger partial charge on any atom is -0.309 e. The first-order valence-electron chi connectivity index (χ1n) is 19.6. The van der Waals surface area contributed by atoms with E-state index in [0.717, 1.165) is 39.2 Å². The van der Waals surface area contributed by atoms with Gasteiger partial charge in [-0.05, 0) is 70.4 Å². The van der Waals surface area contributed by atoms with Crippen molar-refractivity contribution >= 4 is 54.4 Å². The Morgan fingerprint density at radius 2 is 0.793 bits per heavy atom. The maximum Gasteiger partial charge on any atom is 0.164 e. The van der Waals surface area contributed by atoms with E-state index in [9.17, 15) is 0 Å². The molecule has 12 rings (SSSR count). The lowest BCUT2D eigenvalue weighted by Crippen LogP contribution is -2.00. The predicted octanol–water partition coefficient (Wildman–Crippen LogP) is 13.3. The number of fused-ring (bicyclic) bond motifs is 4. The van der Waals surface area contributed by atoms with E-state index in [1.165, 1.54) is 54.4 Å². The first-order valence-corrected chi connectivity index (χ1v) is 19.6. The second-order valence-corrected chi connectivity index (χ2v) is 14.8. The summed E-state index contributed by atoms with van der Waals surface area (Å²) in [5, 5.41) is 7.64. The maximum atomic E-state index is 5.02. The SMILES string of the molecule is c1ccc(-c2nc(-c3ccccc3)nc(-c3cccc(-c4cccc(-n5c6cccc7ccc8c9c%10ccccc%10n(-c%10ccccc%10)c9cc5c8c76)c4)c3)n2)cc1. The lowest BCUT2D eigenvalue weighted by Gasteiger charge is -2.12. The van der Waals surface area contributed by atoms with Gasteiger partial charge in [0.25, 0.3) is 0 Å². The molecule has 0 aliphatic heterocycles. The first-order chi connectivity index (χ1) is 28.8. The minimum atomic E-state index is 0.636. The molecule has 0 aliphatic carbocycles. The van der Waals surface area contributed by atoms with Crippen molar-refractivity contribution in [1.29, 1.82) is 0 Å². The normalized spacial score (nSPS) is 11.8. The summed E-state index contributed by atoms with van der Waals surface area (Å²) in [4.78, 5) is 14.9. The highest BCUT2D eigenvalue weighted by Gasteiger charge is 2.23. The molecule has 0 bridgehead atoms. The number of hydrogen-bond donors (Lipinski definition) is 0. The van der Waals surface area contributed by atoms with Gasteiger partial charge in [0.2, 0.25) is 0 Å². The van der Waals surface area contributed by atoms with Crippen LogP contribution in [-0.4, -0.2) is 24.1 Å². The van der Waals surface area contributed by atoms with Crippen molar-refractivity contribution < 1.29 is 0 Å². The maximum absolute atomic E-state index is 5.02. The van der Waals surface area contributed by atoms with Crippen molar-refractivity contribution in [2.24, 2.45) is 0 Å². The smallest absolute Gasteiger partial charge is 0.164 e. The van der Waals surface area contributed by atoms with Gasteiger partial charge in [-0.15, -0.1) is 0 Å². The Hall–Kier alpha value is -7.89. The Balaban J connectivity index is 1.05. The Kier molecular flexibility index (Phi) is 7.16. The third-order valence-electron chi connectivity index (χ3n) is 11.5. The lowest BCUT2D eigenvalue weighted by atomic mass is 9.98.